The molecule has 2 rings (SSSR count). The van der Waals surface area contributed by atoms with Gasteiger partial charge in [-0.3, -0.25) is 9.59 Å². The van der Waals surface area contributed by atoms with Crippen molar-refractivity contribution in [2.24, 2.45) is 0 Å². The molecule has 2 fully saturated rings. The van der Waals surface area contributed by atoms with Gasteiger partial charge in [0.25, 0.3) is 0 Å². The first-order chi connectivity index (χ1) is 7.97. The van der Waals surface area contributed by atoms with Gasteiger partial charge in [0.05, 0.1) is 0 Å². The van der Waals surface area contributed by atoms with E-state index in [4.69, 9.17) is 14.2 Å². The third-order valence-corrected chi connectivity index (χ3v) is 4.25. The number of hydrogen-bond donors (Lipinski definition) is 0. The second-order valence-corrected chi connectivity index (χ2v) is 5.95. The van der Waals surface area contributed by atoms with Crippen LogP contribution in [0.3, 0.4) is 0 Å². The largest absolute Gasteiger partial charge is 0.333 e. The molecule has 102 valence electrons. The van der Waals surface area contributed by atoms with Gasteiger partial charge in [-0.25, -0.2) is 0 Å². The van der Waals surface area contributed by atoms with Gasteiger partial charge in [0.15, 0.2) is 17.4 Å². The summed E-state index contributed by atoms with van der Waals surface area (Å²) in [4.78, 5) is 23.3. The Morgan fingerprint density at radius 3 is 1.83 bits per heavy atom. The van der Waals surface area contributed by atoms with E-state index in [1.54, 1.807) is 20.8 Å². The molecule has 4 atom stereocenters. The third kappa shape index (κ3) is 1.57. The average Bonchev–Trinajstić information content (AvgIpc) is 2.43. The van der Waals surface area contributed by atoms with Gasteiger partial charge >= 0.3 is 0 Å². The molecule has 0 aromatic carbocycles. The van der Waals surface area contributed by atoms with E-state index in [-0.39, 0.29) is 11.6 Å². The molecule has 0 radical (unpaired) electrons. The van der Waals surface area contributed by atoms with Crippen LogP contribution >= 0.6 is 0 Å². The number of ether oxygens (including phenoxy) is 3. The maximum Gasteiger partial charge on any atom is 0.229 e. The van der Waals surface area contributed by atoms with Crippen LogP contribution in [0.4, 0.5) is 0 Å². The molecule has 5 nitrogen and oxygen atoms in total. The lowest BCUT2D eigenvalue weighted by atomic mass is 9.87. The fraction of sp³-hybridized carbons (Fsp3) is 0.846. The van der Waals surface area contributed by atoms with Crippen molar-refractivity contribution in [2.75, 3.05) is 0 Å². The van der Waals surface area contributed by atoms with Gasteiger partial charge in [0, 0.05) is 13.3 Å². The minimum atomic E-state index is -1.30. The standard InChI is InChI=1S/C13H20O5/c1-8(14)10(3)7-11(4)13(6,16-10)18-12(5,17-11)9(2)15/h7H2,1-6H3/t10-,11?,12+,13?/m0/s1. The first-order valence-electron chi connectivity index (χ1n) is 6.09. The summed E-state index contributed by atoms with van der Waals surface area (Å²) in [5.41, 5.74) is -1.74. The molecule has 5 heteroatoms. The lowest BCUT2D eigenvalue weighted by Crippen LogP contribution is -2.44. The van der Waals surface area contributed by atoms with Crippen molar-refractivity contribution in [3.8, 4) is 0 Å². The van der Waals surface area contributed by atoms with Gasteiger partial charge in [-0.1, -0.05) is 0 Å². The Hall–Kier alpha value is -0.780. The minimum absolute atomic E-state index is 0.0731. The number of rotatable bonds is 2. The summed E-state index contributed by atoms with van der Waals surface area (Å²) in [6.45, 7) is 9.74. The Morgan fingerprint density at radius 1 is 0.889 bits per heavy atom. The van der Waals surface area contributed by atoms with E-state index in [1.807, 2.05) is 6.92 Å². The average molecular weight is 256 g/mol. The van der Waals surface area contributed by atoms with Crippen LogP contribution < -0.4 is 0 Å². The van der Waals surface area contributed by atoms with Gasteiger partial charge in [0.1, 0.15) is 11.2 Å². The van der Waals surface area contributed by atoms with Crippen LogP contribution in [0.2, 0.25) is 0 Å². The van der Waals surface area contributed by atoms with Gasteiger partial charge in [-0.05, 0) is 34.6 Å². The minimum Gasteiger partial charge on any atom is -0.333 e. The lowest BCUT2D eigenvalue weighted by molar-refractivity contribution is -0.262. The SMILES string of the molecule is CC(=O)[C@]1(C)OC2(C)C[C@@](C)(C(C)=O)OC2(C)O1. The molecule has 0 N–H and O–H groups in total. The molecule has 2 aliphatic rings. The van der Waals surface area contributed by atoms with Crippen molar-refractivity contribution in [2.45, 2.75) is 70.7 Å². The van der Waals surface area contributed by atoms with Crippen LogP contribution in [-0.2, 0) is 23.8 Å². The van der Waals surface area contributed by atoms with E-state index >= 15 is 0 Å². The molecule has 2 aliphatic heterocycles. The monoisotopic (exact) mass is 256 g/mol. The first-order valence-corrected chi connectivity index (χ1v) is 6.09. The molecular formula is C13H20O5. The van der Waals surface area contributed by atoms with Crippen molar-refractivity contribution in [3.63, 3.8) is 0 Å². The molecule has 2 saturated heterocycles. The number of Topliss-reactive ketones (excluding diaryl/α,β-unsaturated/α-hetero) is 2. The highest BCUT2D eigenvalue weighted by Gasteiger charge is 2.71. The fourth-order valence-electron chi connectivity index (χ4n) is 2.80. The molecule has 0 aliphatic carbocycles. The molecule has 0 aromatic rings. The predicted molar refractivity (Wildman–Crippen MR) is 62.9 cm³/mol. The van der Waals surface area contributed by atoms with Gasteiger partial charge < -0.3 is 14.2 Å². The van der Waals surface area contributed by atoms with Gasteiger partial charge in [-0.2, -0.15) is 0 Å². The van der Waals surface area contributed by atoms with E-state index in [0.717, 1.165) is 0 Å². The maximum absolute atomic E-state index is 11.7. The molecule has 0 spiro atoms. The third-order valence-electron chi connectivity index (χ3n) is 4.25. The van der Waals surface area contributed by atoms with Gasteiger partial charge in [0.2, 0.25) is 5.79 Å². The Balaban J connectivity index is 2.37. The number of fused-ring (bicyclic) bond motifs is 1. The molecule has 0 bridgehead atoms. The van der Waals surface area contributed by atoms with Crippen molar-refractivity contribution in [1.29, 1.82) is 0 Å². The molecular weight excluding hydrogens is 236 g/mol. The number of carbonyl (C=O) groups is 2. The Labute approximate surface area is 107 Å². The van der Waals surface area contributed by atoms with E-state index in [1.165, 1.54) is 13.8 Å². The van der Waals surface area contributed by atoms with Crippen molar-refractivity contribution in [1.82, 2.24) is 0 Å². The summed E-state index contributed by atoms with van der Waals surface area (Å²) in [6, 6.07) is 0. The molecule has 2 unspecified atom stereocenters. The van der Waals surface area contributed by atoms with E-state index in [9.17, 15) is 9.59 Å². The van der Waals surface area contributed by atoms with Crippen LogP contribution in [0.5, 0.6) is 0 Å². The van der Waals surface area contributed by atoms with E-state index in [0.29, 0.717) is 6.42 Å². The zero-order chi connectivity index (χ0) is 14.0. The molecule has 18 heavy (non-hydrogen) atoms. The van der Waals surface area contributed by atoms with Crippen molar-refractivity contribution in [3.05, 3.63) is 0 Å². The number of ketones is 2. The quantitative estimate of drug-likeness (QED) is 0.750. The summed E-state index contributed by atoms with van der Waals surface area (Å²) in [5.74, 6) is -2.68. The summed E-state index contributed by atoms with van der Waals surface area (Å²) in [6.07, 6.45) is 0.370. The number of carbonyl (C=O) groups excluding carboxylic acids is 2. The summed E-state index contributed by atoms with van der Waals surface area (Å²) < 4.78 is 17.4. The highest BCUT2D eigenvalue weighted by Crippen LogP contribution is 2.56. The highest BCUT2D eigenvalue weighted by molar-refractivity contribution is 5.86. The lowest BCUT2D eigenvalue weighted by Gasteiger charge is -2.29. The van der Waals surface area contributed by atoms with Gasteiger partial charge in [-0.15, -0.1) is 0 Å². The molecule has 0 aromatic heterocycles. The zero-order valence-electron chi connectivity index (χ0n) is 11.7. The van der Waals surface area contributed by atoms with Crippen LogP contribution in [0.1, 0.15) is 48.0 Å². The maximum atomic E-state index is 11.7. The molecule has 2 heterocycles. The Bertz CT molecular complexity index is 373. The zero-order valence-corrected chi connectivity index (χ0v) is 11.7. The number of hydrogen-bond acceptors (Lipinski definition) is 5. The predicted octanol–water partition coefficient (Wildman–Crippen LogP) is 1.58. The van der Waals surface area contributed by atoms with Crippen LogP contribution in [-0.4, -0.2) is 34.3 Å². The molecule has 0 saturated carbocycles. The topological polar surface area (TPSA) is 61.8 Å². The molecule has 0 amide bonds. The Kier molecular flexibility index (Phi) is 2.58. The highest BCUT2D eigenvalue weighted by atomic mass is 16.9. The van der Waals surface area contributed by atoms with Crippen LogP contribution in [0.25, 0.3) is 0 Å². The summed E-state index contributed by atoms with van der Waals surface area (Å²) in [7, 11) is 0. The fourth-order valence-corrected chi connectivity index (χ4v) is 2.80. The van der Waals surface area contributed by atoms with Crippen molar-refractivity contribution < 1.29 is 23.8 Å². The Morgan fingerprint density at radius 2 is 1.44 bits per heavy atom. The van der Waals surface area contributed by atoms with Crippen LogP contribution in [0, 0.1) is 0 Å². The first kappa shape index (κ1) is 13.6. The van der Waals surface area contributed by atoms with E-state index in [2.05, 4.69) is 0 Å². The van der Waals surface area contributed by atoms with Crippen LogP contribution in [0.15, 0.2) is 0 Å². The van der Waals surface area contributed by atoms with E-state index < -0.39 is 22.8 Å². The summed E-state index contributed by atoms with van der Waals surface area (Å²) >= 11 is 0. The second kappa shape index (κ2) is 3.40. The normalized spacial score (nSPS) is 51.2. The summed E-state index contributed by atoms with van der Waals surface area (Å²) in [5, 5.41) is 0. The van der Waals surface area contributed by atoms with Crippen molar-refractivity contribution >= 4 is 11.6 Å². The second-order valence-electron chi connectivity index (χ2n) is 5.95. The smallest absolute Gasteiger partial charge is 0.229 e.